The SMILES string of the molecule is CCn1cc(F)c([S@](N)(=O)=NC(=O)Nc2c3c(nc(C)c2C(F)(F)F)CCC3)n1. The van der Waals surface area contributed by atoms with Crippen LogP contribution in [0, 0.1) is 12.7 Å². The van der Waals surface area contributed by atoms with Crippen molar-refractivity contribution in [2.75, 3.05) is 5.32 Å². The Kier molecular flexibility index (Phi) is 5.38. The monoisotopic (exact) mass is 434 g/mol. The van der Waals surface area contributed by atoms with Gasteiger partial charge in [-0.15, -0.1) is 4.36 Å². The molecule has 0 bridgehead atoms. The molecule has 3 rings (SSSR count). The van der Waals surface area contributed by atoms with Crippen LogP contribution in [0.25, 0.3) is 0 Å². The molecule has 2 aromatic rings. The van der Waals surface area contributed by atoms with Gasteiger partial charge >= 0.3 is 12.2 Å². The number of nitrogens with one attached hydrogen (secondary N) is 1. The van der Waals surface area contributed by atoms with Gasteiger partial charge in [-0.05, 0) is 38.7 Å². The number of alkyl halides is 3. The average molecular weight is 434 g/mol. The molecule has 2 heterocycles. The van der Waals surface area contributed by atoms with Crippen molar-refractivity contribution in [2.24, 2.45) is 9.50 Å². The Morgan fingerprint density at radius 2 is 2.10 bits per heavy atom. The quantitative estimate of drug-likeness (QED) is 0.722. The van der Waals surface area contributed by atoms with Crippen LogP contribution in [-0.4, -0.2) is 25.0 Å². The lowest BCUT2D eigenvalue weighted by Crippen LogP contribution is -2.22. The van der Waals surface area contributed by atoms with Gasteiger partial charge in [0.25, 0.3) is 0 Å². The number of hydrogen-bond donors (Lipinski definition) is 2. The van der Waals surface area contributed by atoms with E-state index in [0.717, 1.165) is 10.9 Å². The van der Waals surface area contributed by atoms with Crippen molar-refractivity contribution >= 4 is 21.6 Å². The van der Waals surface area contributed by atoms with E-state index in [1.165, 1.54) is 6.92 Å². The minimum absolute atomic E-state index is 0.246. The number of urea groups is 1. The third-order valence-electron chi connectivity index (χ3n) is 4.43. The molecule has 0 fully saturated rings. The molecule has 0 saturated carbocycles. The van der Waals surface area contributed by atoms with E-state index in [1.807, 2.05) is 5.32 Å². The molecule has 2 aromatic heterocycles. The predicted octanol–water partition coefficient (Wildman–Crippen LogP) is 3.19. The summed E-state index contributed by atoms with van der Waals surface area (Å²) < 4.78 is 71.4. The Morgan fingerprint density at radius 3 is 2.69 bits per heavy atom. The van der Waals surface area contributed by atoms with Gasteiger partial charge in [-0.3, -0.25) is 9.67 Å². The first-order chi connectivity index (χ1) is 13.4. The molecular formula is C16H18F4N6O2S. The molecule has 29 heavy (non-hydrogen) atoms. The van der Waals surface area contributed by atoms with E-state index < -0.39 is 44.2 Å². The van der Waals surface area contributed by atoms with Crippen LogP contribution in [0.15, 0.2) is 15.6 Å². The van der Waals surface area contributed by atoms with Crippen LogP contribution in [0.5, 0.6) is 0 Å². The first-order valence-corrected chi connectivity index (χ1v) is 10.2. The van der Waals surface area contributed by atoms with Crippen molar-refractivity contribution in [3.8, 4) is 0 Å². The van der Waals surface area contributed by atoms with E-state index >= 15 is 0 Å². The van der Waals surface area contributed by atoms with Crippen LogP contribution in [0.1, 0.15) is 35.9 Å². The van der Waals surface area contributed by atoms with Crippen LogP contribution in [0.2, 0.25) is 0 Å². The lowest BCUT2D eigenvalue weighted by atomic mass is 10.0. The molecule has 0 aliphatic heterocycles. The standard InChI is InChI=1S/C16H18F4N6O2S/c1-3-26-7-10(17)14(24-26)29(21,28)25-15(27)23-13-9-5-4-6-11(9)22-8(2)12(13)16(18,19)20/h7H,3-6H2,1-2H3,(H3,21,22,23,25,27,28)/t29-/m1/s1. The number of amides is 2. The van der Waals surface area contributed by atoms with Crippen LogP contribution in [0.3, 0.4) is 0 Å². The number of aromatic nitrogens is 3. The Balaban J connectivity index is 2.04. The summed E-state index contributed by atoms with van der Waals surface area (Å²) in [6.45, 7) is 3.08. The zero-order valence-electron chi connectivity index (χ0n) is 15.5. The molecule has 1 aliphatic rings. The van der Waals surface area contributed by atoms with Crippen LogP contribution >= 0.6 is 0 Å². The van der Waals surface area contributed by atoms with E-state index in [0.29, 0.717) is 18.5 Å². The fraction of sp³-hybridized carbons (Fsp3) is 0.438. The second-order valence-corrected chi connectivity index (χ2v) is 8.16. The minimum Gasteiger partial charge on any atom is -0.304 e. The predicted molar refractivity (Wildman–Crippen MR) is 95.9 cm³/mol. The highest BCUT2D eigenvalue weighted by Crippen LogP contribution is 2.41. The molecule has 1 atom stereocenters. The maximum atomic E-state index is 13.9. The van der Waals surface area contributed by atoms with Crippen molar-refractivity contribution < 1.29 is 26.6 Å². The van der Waals surface area contributed by atoms with Crippen molar-refractivity contribution in [2.45, 2.75) is 50.9 Å². The summed E-state index contributed by atoms with van der Waals surface area (Å²) in [6, 6.07) is -1.40. The molecule has 2 amide bonds. The molecule has 1 aliphatic carbocycles. The maximum Gasteiger partial charge on any atom is 0.420 e. The van der Waals surface area contributed by atoms with Gasteiger partial charge < -0.3 is 5.32 Å². The zero-order valence-corrected chi connectivity index (χ0v) is 16.3. The summed E-state index contributed by atoms with van der Waals surface area (Å²) in [7, 11) is -4.11. The topological polar surface area (TPSA) is 115 Å². The van der Waals surface area contributed by atoms with E-state index in [-0.39, 0.29) is 24.2 Å². The highest BCUT2D eigenvalue weighted by Gasteiger charge is 2.39. The van der Waals surface area contributed by atoms with Crippen molar-refractivity contribution in [1.82, 2.24) is 14.8 Å². The summed E-state index contributed by atoms with van der Waals surface area (Å²) in [5, 5.41) is 10.4. The molecule has 0 aromatic carbocycles. The number of anilines is 1. The number of carbonyl (C=O) groups is 1. The summed E-state index contributed by atoms with van der Waals surface area (Å²) >= 11 is 0. The highest BCUT2D eigenvalue weighted by molar-refractivity contribution is 7.91. The van der Waals surface area contributed by atoms with E-state index in [2.05, 4.69) is 14.4 Å². The van der Waals surface area contributed by atoms with Crippen molar-refractivity contribution in [1.29, 1.82) is 0 Å². The summed E-state index contributed by atoms with van der Waals surface area (Å²) in [5.74, 6) is -1.03. The van der Waals surface area contributed by atoms with Gasteiger partial charge in [-0.25, -0.2) is 18.5 Å². The smallest absolute Gasteiger partial charge is 0.304 e. The molecule has 158 valence electrons. The highest BCUT2D eigenvalue weighted by atomic mass is 32.2. The Labute approximate surface area is 163 Å². The summed E-state index contributed by atoms with van der Waals surface area (Å²) in [5.41, 5.74) is -1.19. The molecule has 0 radical (unpaired) electrons. The zero-order chi connectivity index (χ0) is 21.6. The molecule has 3 N–H and O–H groups in total. The number of hydrogen-bond acceptors (Lipinski definition) is 4. The first kappa shape index (κ1) is 21.2. The lowest BCUT2D eigenvalue weighted by molar-refractivity contribution is -0.137. The maximum absolute atomic E-state index is 13.9. The third kappa shape index (κ3) is 4.10. The Bertz CT molecular complexity index is 1100. The number of carbonyl (C=O) groups excluding carboxylic acids is 1. The van der Waals surface area contributed by atoms with Gasteiger partial charge in [0.2, 0.25) is 5.03 Å². The largest absolute Gasteiger partial charge is 0.420 e. The lowest BCUT2D eigenvalue weighted by Gasteiger charge is -2.18. The van der Waals surface area contributed by atoms with Gasteiger partial charge in [0.1, 0.15) is 5.56 Å². The second kappa shape index (κ2) is 7.37. The van der Waals surface area contributed by atoms with Gasteiger partial charge in [-0.1, -0.05) is 0 Å². The molecule has 13 heteroatoms. The van der Waals surface area contributed by atoms with Crippen LogP contribution < -0.4 is 10.5 Å². The number of aryl methyl sites for hydroxylation is 3. The summed E-state index contributed by atoms with van der Waals surface area (Å²) in [4.78, 5) is 16.3. The first-order valence-electron chi connectivity index (χ1n) is 8.62. The molecule has 0 saturated heterocycles. The number of halogens is 4. The van der Waals surface area contributed by atoms with Gasteiger partial charge in [0, 0.05) is 12.2 Å². The van der Waals surface area contributed by atoms with E-state index in [9.17, 15) is 26.6 Å². The van der Waals surface area contributed by atoms with Crippen molar-refractivity contribution in [3.05, 3.63) is 34.5 Å². The number of pyridine rings is 1. The number of nitrogens with zero attached hydrogens (tertiary/aromatic N) is 4. The second-order valence-electron chi connectivity index (χ2n) is 6.45. The number of fused-ring (bicyclic) bond motifs is 1. The third-order valence-corrected chi connectivity index (χ3v) is 5.69. The van der Waals surface area contributed by atoms with Gasteiger partial charge in [-0.2, -0.15) is 18.3 Å². The van der Waals surface area contributed by atoms with Crippen molar-refractivity contribution in [3.63, 3.8) is 0 Å². The van der Waals surface area contributed by atoms with Gasteiger partial charge in [0.05, 0.1) is 17.6 Å². The Morgan fingerprint density at radius 1 is 1.41 bits per heavy atom. The molecule has 8 nitrogen and oxygen atoms in total. The molecule has 0 spiro atoms. The summed E-state index contributed by atoms with van der Waals surface area (Å²) in [6.07, 6.45) is -2.52. The molecular weight excluding hydrogens is 416 g/mol. The van der Waals surface area contributed by atoms with Crippen LogP contribution in [0.4, 0.5) is 28.0 Å². The number of nitrogens with two attached hydrogens (primary N) is 1. The van der Waals surface area contributed by atoms with Crippen LogP contribution in [-0.2, 0) is 35.5 Å². The Hall–Kier alpha value is -2.54. The van der Waals surface area contributed by atoms with Gasteiger partial charge in [0.15, 0.2) is 15.7 Å². The van der Waals surface area contributed by atoms with E-state index in [4.69, 9.17) is 5.14 Å². The van der Waals surface area contributed by atoms with E-state index in [1.54, 1.807) is 6.92 Å². The number of rotatable bonds is 3. The minimum atomic E-state index is -4.78. The fourth-order valence-electron chi connectivity index (χ4n) is 3.23. The average Bonchev–Trinajstić information content (AvgIpc) is 3.19. The normalized spacial score (nSPS) is 15.7. The fourth-order valence-corrected chi connectivity index (χ4v) is 4.16. The molecule has 0 unspecified atom stereocenters.